The van der Waals surface area contributed by atoms with Crippen LogP contribution >= 0.6 is 11.6 Å². The highest BCUT2D eigenvalue weighted by Crippen LogP contribution is 2.39. The molecule has 2 heterocycles. The van der Waals surface area contributed by atoms with Gasteiger partial charge in [0.1, 0.15) is 17.3 Å². The molecule has 4 rings (SSSR count). The number of rotatable bonds is 4. The van der Waals surface area contributed by atoms with Gasteiger partial charge < -0.3 is 25.4 Å². The number of nitrogens with one attached hydrogen (secondary N) is 2. The van der Waals surface area contributed by atoms with E-state index in [4.69, 9.17) is 21.3 Å². The number of carbonyl (C=O) groups excluding carboxylic acids is 1. The predicted octanol–water partition coefficient (Wildman–Crippen LogP) is 2.68. The molecule has 0 radical (unpaired) electrons. The number of amidine groups is 1. The maximum atomic E-state index is 12.2. The van der Waals surface area contributed by atoms with Crippen molar-refractivity contribution in [3.63, 3.8) is 0 Å². The van der Waals surface area contributed by atoms with Gasteiger partial charge in [0, 0.05) is 43.7 Å². The Morgan fingerprint density at radius 2 is 2.20 bits per heavy atom. The molecule has 7 nitrogen and oxygen atoms in total. The summed E-state index contributed by atoms with van der Waals surface area (Å²) in [5, 5.41) is 16.1. The van der Waals surface area contributed by atoms with Crippen LogP contribution in [0, 0.1) is 0 Å². The lowest BCUT2D eigenvalue weighted by molar-refractivity contribution is -0.122. The average Bonchev–Trinajstić information content (AvgIpc) is 2.89. The molecular formula is C22H25ClN4O3. The molecule has 0 saturated carbocycles. The van der Waals surface area contributed by atoms with Gasteiger partial charge >= 0.3 is 0 Å². The van der Waals surface area contributed by atoms with Crippen molar-refractivity contribution in [1.82, 2.24) is 15.5 Å². The first-order chi connectivity index (χ1) is 14.5. The lowest BCUT2D eigenvalue weighted by Gasteiger charge is -2.35. The molecule has 158 valence electrons. The molecule has 8 heteroatoms. The molecule has 1 fully saturated rings. The van der Waals surface area contributed by atoms with Crippen molar-refractivity contribution in [3.05, 3.63) is 53.1 Å². The number of benzene rings is 2. The topological polar surface area (TPSA) is 86.2 Å². The number of aliphatic hydroxyl groups is 1. The van der Waals surface area contributed by atoms with Crippen LogP contribution in [0.1, 0.15) is 18.9 Å². The number of para-hydroxylation sites is 1. The average molecular weight is 429 g/mol. The molecule has 2 aliphatic rings. The summed E-state index contributed by atoms with van der Waals surface area (Å²) < 4.78 is 6.12. The van der Waals surface area contributed by atoms with Crippen molar-refractivity contribution >= 4 is 29.0 Å². The van der Waals surface area contributed by atoms with Crippen molar-refractivity contribution in [3.8, 4) is 11.5 Å². The Labute approximate surface area is 180 Å². The van der Waals surface area contributed by atoms with Crippen LogP contribution in [-0.2, 0) is 4.79 Å². The van der Waals surface area contributed by atoms with E-state index >= 15 is 0 Å². The molecule has 2 aromatic rings. The minimum atomic E-state index is -0.562. The fourth-order valence-electron chi connectivity index (χ4n) is 3.65. The third-order valence-corrected chi connectivity index (χ3v) is 5.31. The van der Waals surface area contributed by atoms with Crippen LogP contribution in [0.3, 0.4) is 0 Å². The molecule has 3 N–H and O–H groups in total. The Bertz CT molecular complexity index is 963. The monoisotopic (exact) mass is 428 g/mol. The van der Waals surface area contributed by atoms with Gasteiger partial charge in [-0.05, 0) is 37.3 Å². The van der Waals surface area contributed by atoms with Gasteiger partial charge in [-0.15, -0.1) is 0 Å². The van der Waals surface area contributed by atoms with Gasteiger partial charge in [-0.1, -0.05) is 23.7 Å². The van der Waals surface area contributed by atoms with Gasteiger partial charge in [0.15, 0.2) is 5.75 Å². The highest BCUT2D eigenvalue weighted by Gasteiger charge is 2.28. The second-order valence-electron chi connectivity index (χ2n) is 7.60. The molecular weight excluding hydrogens is 404 g/mol. The highest BCUT2D eigenvalue weighted by atomic mass is 35.5. The van der Waals surface area contributed by atoms with E-state index in [1.165, 1.54) is 0 Å². The Balaban J connectivity index is 1.59. The predicted molar refractivity (Wildman–Crippen MR) is 117 cm³/mol. The molecule has 2 aliphatic heterocycles. The van der Waals surface area contributed by atoms with Crippen LogP contribution < -0.4 is 15.4 Å². The quantitative estimate of drug-likeness (QED) is 0.697. The zero-order chi connectivity index (χ0) is 21.1. The number of ether oxygens (including phenoxy) is 1. The largest absolute Gasteiger partial charge is 0.454 e. The summed E-state index contributed by atoms with van der Waals surface area (Å²) >= 11 is 6.20. The maximum absolute atomic E-state index is 12.2. The molecule has 1 amide bonds. The first kappa shape index (κ1) is 20.7. The lowest BCUT2D eigenvalue weighted by Crippen LogP contribution is -2.54. The second-order valence-corrected chi connectivity index (χ2v) is 8.04. The molecule has 30 heavy (non-hydrogen) atoms. The summed E-state index contributed by atoms with van der Waals surface area (Å²) in [7, 11) is 0. The summed E-state index contributed by atoms with van der Waals surface area (Å²) in [4.78, 5) is 19.3. The first-order valence-corrected chi connectivity index (χ1v) is 10.5. The minimum Gasteiger partial charge on any atom is -0.454 e. The molecule has 0 spiro atoms. The molecule has 2 atom stereocenters. The van der Waals surface area contributed by atoms with E-state index < -0.39 is 6.10 Å². The number of piperazine rings is 1. The molecule has 1 saturated heterocycles. The van der Waals surface area contributed by atoms with Crippen molar-refractivity contribution in [1.29, 1.82) is 0 Å². The number of amides is 1. The third-order valence-electron chi connectivity index (χ3n) is 5.08. The van der Waals surface area contributed by atoms with E-state index in [0.29, 0.717) is 29.4 Å². The van der Waals surface area contributed by atoms with Gasteiger partial charge in [0.05, 0.1) is 11.7 Å². The lowest BCUT2D eigenvalue weighted by atomic mass is 10.1. The van der Waals surface area contributed by atoms with Crippen molar-refractivity contribution in [2.75, 3.05) is 26.2 Å². The van der Waals surface area contributed by atoms with Gasteiger partial charge in [-0.2, -0.15) is 0 Å². The smallest absolute Gasteiger partial charge is 0.221 e. The zero-order valence-electron chi connectivity index (χ0n) is 16.8. The molecule has 0 unspecified atom stereocenters. The van der Waals surface area contributed by atoms with Gasteiger partial charge in [-0.3, -0.25) is 4.79 Å². The number of hydrogen-bond donors (Lipinski definition) is 3. The summed E-state index contributed by atoms with van der Waals surface area (Å²) in [6, 6.07) is 13.2. The minimum absolute atomic E-state index is 0.0226. The van der Waals surface area contributed by atoms with Crippen molar-refractivity contribution < 1.29 is 14.6 Å². The van der Waals surface area contributed by atoms with E-state index in [1.807, 2.05) is 30.3 Å². The number of aliphatic hydroxyl groups excluding tert-OH is 1. The van der Waals surface area contributed by atoms with Crippen LogP contribution in [0.25, 0.3) is 0 Å². The third kappa shape index (κ3) is 4.75. The summed E-state index contributed by atoms with van der Waals surface area (Å²) in [5.41, 5.74) is 1.59. The van der Waals surface area contributed by atoms with Crippen LogP contribution in [0.5, 0.6) is 11.5 Å². The normalized spacial score (nSPS) is 19.0. The van der Waals surface area contributed by atoms with E-state index in [-0.39, 0.29) is 18.5 Å². The van der Waals surface area contributed by atoms with Crippen molar-refractivity contribution in [2.24, 2.45) is 4.99 Å². The van der Waals surface area contributed by atoms with Crippen LogP contribution in [0.15, 0.2) is 47.5 Å². The first-order valence-electron chi connectivity index (χ1n) is 10.1. The van der Waals surface area contributed by atoms with E-state index in [2.05, 4.69) is 15.5 Å². The van der Waals surface area contributed by atoms with Crippen LogP contribution in [-0.4, -0.2) is 60.1 Å². The highest BCUT2D eigenvalue weighted by molar-refractivity contribution is 6.31. The Morgan fingerprint density at radius 1 is 1.37 bits per heavy atom. The Morgan fingerprint density at radius 3 is 3.03 bits per heavy atom. The summed E-state index contributed by atoms with van der Waals surface area (Å²) in [6.45, 7) is 4.03. The number of hydrogen-bond acceptors (Lipinski definition) is 6. The van der Waals surface area contributed by atoms with E-state index in [9.17, 15) is 9.90 Å². The maximum Gasteiger partial charge on any atom is 0.221 e. The Hall–Kier alpha value is -2.61. The second kappa shape index (κ2) is 9.04. The number of halogens is 1. The van der Waals surface area contributed by atoms with Crippen molar-refractivity contribution in [2.45, 2.75) is 25.5 Å². The number of nitrogens with zero attached hydrogens (tertiary/aromatic N) is 2. The Kier molecular flexibility index (Phi) is 6.22. The standard InChI is InChI=1S/C22H25ClN4O3/c1-14(28)12-25-21(29)11-16-13-27(9-8-24-16)22-17-4-2-3-5-19(17)30-20-7-6-15(23)10-18(20)26-22/h2-7,10,14,16,24,28H,8-9,11-13H2,1H3,(H,25,29)/t14-,16+/m1/s1. The van der Waals surface area contributed by atoms with Gasteiger partial charge in [0.25, 0.3) is 0 Å². The SMILES string of the molecule is C[C@@H](O)CNC(=O)C[C@H]1CN(C2=Nc3cc(Cl)ccc3Oc3ccccc32)CCN1. The molecule has 0 bridgehead atoms. The van der Waals surface area contributed by atoms with Crippen LogP contribution in [0.4, 0.5) is 5.69 Å². The van der Waals surface area contributed by atoms with Gasteiger partial charge in [-0.25, -0.2) is 4.99 Å². The van der Waals surface area contributed by atoms with Gasteiger partial charge in [0.2, 0.25) is 5.91 Å². The zero-order valence-corrected chi connectivity index (χ0v) is 17.5. The van der Waals surface area contributed by atoms with E-state index in [1.54, 1.807) is 19.1 Å². The molecule has 0 aromatic heterocycles. The molecule has 0 aliphatic carbocycles. The molecule has 2 aromatic carbocycles. The fraction of sp³-hybridized carbons (Fsp3) is 0.364. The number of fused-ring (bicyclic) bond motifs is 2. The van der Waals surface area contributed by atoms with E-state index in [0.717, 1.165) is 30.2 Å². The number of carbonyl (C=O) groups is 1. The number of aliphatic imine (C=N–C) groups is 1. The fourth-order valence-corrected chi connectivity index (χ4v) is 3.82. The summed E-state index contributed by atoms with van der Waals surface area (Å²) in [6.07, 6.45) is -0.231. The summed E-state index contributed by atoms with van der Waals surface area (Å²) in [5.74, 6) is 2.12. The van der Waals surface area contributed by atoms with Crippen LogP contribution in [0.2, 0.25) is 5.02 Å².